The number of aromatic nitrogens is 2. The third-order valence-electron chi connectivity index (χ3n) is 6.64. The molecule has 0 saturated carbocycles. The van der Waals surface area contributed by atoms with Crippen molar-refractivity contribution >= 4 is 61.6 Å². The van der Waals surface area contributed by atoms with E-state index < -0.39 is 5.97 Å². The summed E-state index contributed by atoms with van der Waals surface area (Å²) in [4.78, 5) is 29.4. The fourth-order valence-corrected chi connectivity index (χ4v) is 5.52. The second kappa shape index (κ2) is 11.7. The van der Waals surface area contributed by atoms with Crippen molar-refractivity contribution in [2.75, 3.05) is 7.11 Å². The Kier molecular flexibility index (Phi) is 7.71. The van der Waals surface area contributed by atoms with Crippen molar-refractivity contribution in [2.24, 2.45) is 5.10 Å². The summed E-state index contributed by atoms with van der Waals surface area (Å²) in [7, 11) is 1.58. The van der Waals surface area contributed by atoms with Gasteiger partial charge < -0.3 is 19.0 Å². The molecule has 9 nitrogen and oxygen atoms in total. The van der Waals surface area contributed by atoms with E-state index in [9.17, 15) is 9.59 Å². The lowest BCUT2D eigenvalue weighted by Gasteiger charge is -2.11. The second-order valence-corrected chi connectivity index (χ2v) is 10.7. The summed E-state index contributed by atoms with van der Waals surface area (Å²) in [6.07, 6.45) is 1.50. The van der Waals surface area contributed by atoms with Crippen LogP contribution in [0.25, 0.3) is 33.5 Å². The number of nitrogens with zero attached hydrogens (tertiary/aromatic N) is 3. The Morgan fingerprint density at radius 2 is 1.86 bits per heavy atom. The van der Waals surface area contributed by atoms with Gasteiger partial charge in [0.15, 0.2) is 11.5 Å². The molecule has 2 heterocycles. The largest absolute Gasteiger partial charge is 0.496 e. The predicted molar refractivity (Wildman–Crippen MR) is 168 cm³/mol. The van der Waals surface area contributed by atoms with Gasteiger partial charge in [0, 0.05) is 0 Å². The molecular formula is C32H21BrClN3O6. The number of hydrogen-bond acceptors (Lipinski definition) is 7. The standard InChI is InChI=1S/C32H21BrClN3O6/c1-41-26-7-4-8-27-22(26)15-28(43-27)30-36-25-6-3-2-5-21(25)31(38)37(30)35-16-19-13-23(33)29(24(34)14-19)42-17-18-9-11-20(12-10-18)32(39)40/h2-16H,17H2,1H3,(H,39,40). The number of carboxylic acid groups (broad SMARTS) is 1. The number of halogens is 2. The molecule has 214 valence electrons. The molecule has 0 aliphatic heterocycles. The van der Waals surface area contributed by atoms with Gasteiger partial charge in [-0.3, -0.25) is 4.79 Å². The number of carbonyl (C=O) groups is 1. The van der Waals surface area contributed by atoms with Crippen molar-refractivity contribution < 1.29 is 23.8 Å². The van der Waals surface area contributed by atoms with Crippen molar-refractivity contribution in [2.45, 2.75) is 6.61 Å². The van der Waals surface area contributed by atoms with Gasteiger partial charge in [-0.25, -0.2) is 9.78 Å². The SMILES string of the molecule is COc1cccc2oc(-c3nc4ccccc4c(=O)n3N=Cc3cc(Cl)c(OCc4ccc(C(=O)O)cc4)c(Br)c3)cc12. The Balaban J connectivity index is 1.35. The molecule has 11 heteroatoms. The van der Waals surface area contributed by atoms with Crippen molar-refractivity contribution in [3.8, 4) is 23.1 Å². The first-order valence-corrected chi connectivity index (χ1v) is 14.1. The summed E-state index contributed by atoms with van der Waals surface area (Å²) in [6, 6.07) is 24.0. The maximum Gasteiger partial charge on any atom is 0.335 e. The third-order valence-corrected chi connectivity index (χ3v) is 7.51. The number of fused-ring (bicyclic) bond motifs is 2. The van der Waals surface area contributed by atoms with E-state index in [0.717, 1.165) is 10.9 Å². The highest BCUT2D eigenvalue weighted by Crippen LogP contribution is 2.35. The molecule has 0 aliphatic rings. The van der Waals surface area contributed by atoms with Crippen molar-refractivity contribution in [3.63, 3.8) is 0 Å². The Hall–Kier alpha value is -4.93. The van der Waals surface area contributed by atoms with Gasteiger partial charge in [0.2, 0.25) is 5.82 Å². The number of furan rings is 1. The summed E-state index contributed by atoms with van der Waals surface area (Å²) >= 11 is 10.1. The third kappa shape index (κ3) is 5.62. The number of ether oxygens (including phenoxy) is 2. The van der Waals surface area contributed by atoms with Gasteiger partial charge in [-0.05, 0) is 81.7 Å². The van der Waals surface area contributed by atoms with Crippen molar-refractivity contribution in [1.82, 2.24) is 9.66 Å². The van der Waals surface area contributed by atoms with E-state index in [-0.39, 0.29) is 23.6 Å². The molecule has 4 aromatic carbocycles. The zero-order chi connectivity index (χ0) is 30.1. The molecule has 6 rings (SSSR count). The maximum atomic E-state index is 13.6. The summed E-state index contributed by atoms with van der Waals surface area (Å²) < 4.78 is 19.2. The molecule has 1 N–H and O–H groups in total. The monoisotopic (exact) mass is 657 g/mol. The molecule has 0 bridgehead atoms. The lowest BCUT2D eigenvalue weighted by atomic mass is 10.1. The quantitative estimate of drug-likeness (QED) is 0.170. The van der Waals surface area contributed by atoms with Crippen molar-refractivity contribution in [3.05, 3.63) is 121 Å². The maximum absolute atomic E-state index is 13.6. The molecule has 0 fully saturated rings. The van der Waals surface area contributed by atoms with Crippen LogP contribution in [0.1, 0.15) is 21.5 Å². The van der Waals surface area contributed by atoms with E-state index in [1.807, 2.05) is 24.3 Å². The summed E-state index contributed by atoms with van der Waals surface area (Å²) in [5.74, 6) is 0.602. The van der Waals surface area contributed by atoms with Crippen molar-refractivity contribution in [1.29, 1.82) is 0 Å². The van der Waals surface area contributed by atoms with E-state index in [4.69, 9.17) is 35.6 Å². The molecule has 43 heavy (non-hydrogen) atoms. The molecular weight excluding hydrogens is 638 g/mol. The average molecular weight is 659 g/mol. The van der Waals surface area contributed by atoms with Crippen LogP contribution in [0.5, 0.6) is 11.5 Å². The van der Waals surface area contributed by atoms with E-state index >= 15 is 0 Å². The molecule has 0 unspecified atom stereocenters. The fraction of sp³-hybridized carbons (Fsp3) is 0.0625. The zero-order valence-electron chi connectivity index (χ0n) is 22.5. The van der Waals surface area contributed by atoms with Crippen LogP contribution in [0.15, 0.2) is 104 Å². The van der Waals surface area contributed by atoms with Gasteiger partial charge >= 0.3 is 5.97 Å². The average Bonchev–Trinajstić information content (AvgIpc) is 3.45. The highest BCUT2D eigenvalue weighted by molar-refractivity contribution is 9.10. The zero-order valence-corrected chi connectivity index (χ0v) is 24.8. The molecule has 6 aromatic rings. The molecule has 0 saturated heterocycles. The Labute approximate surface area is 257 Å². The molecule has 2 aromatic heterocycles. The number of rotatable bonds is 8. The van der Waals surface area contributed by atoms with Crippen LogP contribution < -0.4 is 15.0 Å². The van der Waals surface area contributed by atoms with Crippen LogP contribution >= 0.6 is 27.5 Å². The van der Waals surface area contributed by atoms with Gasteiger partial charge in [-0.2, -0.15) is 9.78 Å². The topological polar surface area (TPSA) is 116 Å². The summed E-state index contributed by atoms with van der Waals surface area (Å²) in [6.45, 7) is 0.176. The first kappa shape index (κ1) is 28.2. The van der Waals surface area contributed by atoms with Crippen LogP contribution in [-0.4, -0.2) is 34.1 Å². The number of benzene rings is 4. The Morgan fingerprint density at radius 3 is 2.60 bits per heavy atom. The first-order valence-electron chi connectivity index (χ1n) is 12.9. The molecule has 0 spiro atoms. The Morgan fingerprint density at radius 1 is 1.07 bits per heavy atom. The van der Waals surface area contributed by atoms with Crippen LogP contribution in [-0.2, 0) is 6.61 Å². The molecule has 0 radical (unpaired) electrons. The van der Waals surface area contributed by atoms with E-state index in [1.165, 1.54) is 23.0 Å². The molecule has 0 amide bonds. The lowest BCUT2D eigenvalue weighted by Crippen LogP contribution is -2.20. The van der Waals surface area contributed by atoms with Gasteiger partial charge in [0.05, 0.1) is 44.7 Å². The van der Waals surface area contributed by atoms with E-state index in [0.29, 0.717) is 48.8 Å². The van der Waals surface area contributed by atoms with Crippen LogP contribution in [0.2, 0.25) is 5.02 Å². The van der Waals surface area contributed by atoms with Gasteiger partial charge in [0.25, 0.3) is 5.56 Å². The van der Waals surface area contributed by atoms with Gasteiger partial charge in [-0.15, -0.1) is 0 Å². The summed E-state index contributed by atoms with van der Waals surface area (Å²) in [5, 5.41) is 15.0. The minimum atomic E-state index is -0.998. The van der Waals surface area contributed by atoms with E-state index in [2.05, 4.69) is 21.0 Å². The van der Waals surface area contributed by atoms with Crippen LogP contribution in [0.4, 0.5) is 0 Å². The van der Waals surface area contributed by atoms with Gasteiger partial charge in [-0.1, -0.05) is 41.9 Å². The minimum Gasteiger partial charge on any atom is -0.496 e. The van der Waals surface area contributed by atoms with Crippen LogP contribution in [0.3, 0.4) is 0 Å². The molecule has 0 aliphatic carbocycles. The second-order valence-electron chi connectivity index (χ2n) is 9.40. The smallest absolute Gasteiger partial charge is 0.335 e. The number of carboxylic acids is 1. The normalized spacial score (nSPS) is 11.4. The number of para-hydroxylation sites is 1. The highest BCUT2D eigenvalue weighted by Gasteiger charge is 2.18. The minimum absolute atomic E-state index is 0.176. The fourth-order valence-electron chi connectivity index (χ4n) is 4.53. The van der Waals surface area contributed by atoms with E-state index in [1.54, 1.807) is 55.6 Å². The lowest BCUT2D eigenvalue weighted by molar-refractivity contribution is 0.0697. The number of methoxy groups -OCH3 is 1. The predicted octanol–water partition coefficient (Wildman–Crippen LogP) is 7.39. The van der Waals surface area contributed by atoms with Gasteiger partial charge in [0.1, 0.15) is 17.9 Å². The first-order chi connectivity index (χ1) is 20.8. The highest BCUT2D eigenvalue weighted by atomic mass is 79.9. The number of aromatic carboxylic acids is 1. The van der Waals surface area contributed by atoms with Crippen LogP contribution in [0, 0.1) is 0 Å². The number of hydrogen-bond donors (Lipinski definition) is 1. The Bertz CT molecular complexity index is 2080. The summed E-state index contributed by atoms with van der Waals surface area (Å²) in [5.41, 5.74) is 2.27. The molecule has 0 atom stereocenters.